The average Bonchev–Trinajstić information content (AvgIpc) is 2.87. The van der Waals surface area contributed by atoms with Crippen molar-refractivity contribution in [3.05, 3.63) is 106 Å². The van der Waals surface area contributed by atoms with Crippen LogP contribution in [0.15, 0.2) is 83.8 Å². The zero-order chi connectivity index (χ0) is 22.9. The molecule has 0 saturated carbocycles. The highest BCUT2D eigenvalue weighted by molar-refractivity contribution is 5.96. The van der Waals surface area contributed by atoms with Crippen molar-refractivity contribution in [2.45, 2.75) is 25.4 Å². The van der Waals surface area contributed by atoms with Crippen molar-refractivity contribution in [3.63, 3.8) is 0 Å². The summed E-state index contributed by atoms with van der Waals surface area (Å²) in [4.78, 5) is 27.5. The monoisotopic (exact) mass is 443 g/mol. The van der Waals surface area contributed by atoms with E-state index in [1.165, 1.54) is 6.07 Å². The lowest BCUT2D eigenvalue weighted by molar-refractivity contribution is 0.0626. The highest BCUT2D eigenvalue weighted by Gasteiger charge is 2.39. The number of hydrogen-bond acceptors (Lipinski definition) is 5. The third-order valence-corrected chi connectivity index (χ3v) is 6.23. The Kier molecular flexibility index (Phi) is 5.38. The van der Waals surface area contributed by atoms with Crippen LogP contribution >= 0.6 is 0 Å². The molecule has 1 N–H and O–H groups in total. The molecule has 3 aromatic rings. The molecule has 0 spiro atoms. The SMILES string of the molecule is CC[C@H]1/C=C\COc2ccccc2[C@@H](c2ccccc2)N2CN1C(=O)c1c(O)c(=O)ccn12. The van der Waals surface area contributed by atoms with Crippen molar-refractivity contribution < 1.29 is 14.6 Å². The molecule has 2 aliphatic rings. The van der Waals surface area contributed by atoms with Crippen LogP contribution in [0.3, 0.4) is 0 Å². The first kappa shape index (κ1) is 20.9. The number of aromatic hydroxyl groups is 1. The van der Waals surface area contributed by atoms with E-state index in [2.05, 4.69) is 0 Å². The summed E-state index contributed by atoms with van der Waals surface area (Å²) in [7, 11) is 0. The number of carbonyl (C=O) groups excluding carboxylic acids is 1. The number of fused-ring (bicyclic) bond motifs is 5. The molecule has 5 rings (SSSR count). The van der Waals surface area contributed by atoms with Gasteiger partial charge in [-0.25, -0.2) is 0 Å². The van der Waals surface area contributed by atoms with Crippen LogP contribution in [-0.2, 0) is 0 Å². The lowest BCUT2D eigenvalue weighted by Crippen LogP contribution is -2.57. The minimum Gasteiger partial charge on any atom is -0.502 e. The van der Waals surface area contributed by atoms with Crippen LogP contribution in [0.5, 0.6) is 11.5 Å². The fourth-order valence-electron chi connectivity index (χ4n) is 4.61. The molecule has 2 atom stereocenters. The first-order valence-corrected chi connectivity index (χ1v) is 11.1. The van der Waals surface area contributed by atoms with Crippen LogP contribution < -0.4 is 15.2 Å². The Balaban J connectivity index is 1.81. The number of para-hydroxylation sites is 1. The van der Waals surface area contributed by atoms with Gasteiger partial charge in [0.1, 0.15) is 25.1 Å². The normalized spacial score (nSPS) is 20.8. The molecule has 7 heteroatoms. The quantitative estimate of drug-likeness (QED) is 0.615. The molecule has 0 radical (unpaired) electrons. The Morgan fingerprint density at radius 1 is 1.03 bits per heavy atom. The molecular weight excluding hydrogens is 418 g/mol. The van der Waals surface area contributed by atoms with Crippen molar-refractivity contribution in [1.29, 1.82) is 0 Å². The number of rotatable bonds is 2. The number of nitrogens with zero attached hydrogens (tertiary/aromatic N) is 3. The smallest absolute Gasteiger partial charge is 0.278 e. The highest BCUT2D eigenvalue weighted by Crippen LogP contribution is 2.37. The summed E-state index contributed by atoms with van der Waals surface area (Å²) >= 11 is 0. The van der Waals surface area contributed by atoms with Gasteiger partial charge in [0.05, 0.1) is 6.04 Å². The molecular formula is C26H25N3O4. The van der Waals surface area contributed by atoms with Crippen LogP contribution in [0.1, 0.15) is 41.0 Å². The summed E-state index contributed by atoms with van der Waals surface area (Å²) < 4.78 is 7.75. The van der Waals surface area contributed by atoms with Crippen molar-refractivity contribution in [2.24, 2.45) is 0 Å². The highest BCUT2D eigenvalue weighted by atomic mass is 16.5. The molecule has 0 unspecified atom stereocenters. The zero-order valence-electron chi connectivity index (χ0n) is 18.3. The van der Waals surface area contributed by atoms with E-state index in [4.69, 9.17) is 4.74 Å². The van der Waals surface area contributed by atoms with Gasteiger partial charge in [0, 0.05) is 17.8 Å². The van der Waals surface area contributed by atoms with Gasteiger partial charge in [-0.3, -0.25) is 19.3 Å². The third kappa shape index (κ3) is 3.55. The maximum absolute atomic E-state index is 13.5. The zero-order valence-corrected chi connectivity index (χ0v) is 18.3. The summed E-state index contributed by atoms with van der Waals surface area (Å²) in [6.45, 7) is 2.64. The molecule has 0 aliphatic carbocycles. The van der Waals surface area contributed by atoms with Crippen molar-refractivity contribution >= 4 is 5.91 Å². The van der Waals surface area contributed by atoms with Gasteiger partial charge < -0.3 is 14.7 Å². The second kappa shape index (κ2) is 8.50. The van der Waals surface area contributed by atoms with E-state index >= 15 is 0 Å². The molecule has 7 nitrogen and oxygen atoms in total. The van der Waals surface area contributed by atoms with Gasteiger partial charge in [-0.15, -0.1) is 0 Å². The summed E-state index contributed by atoms with van der Waals surface area (Å²) in [6, 6.07) is 18.5. The van der Waals surface area contributed by atoms with Crippen molar-refractivity contribution in [2.75, 3.05) is 18.3 Å². The molecule has 0 fully saturated rings. The number of benzene rings is 2. The van der Waals surface area contributed by atoms with Crippen molar-refractivity contribution in [3.8, 4) is 11.5 Å². The van der Waals surface area contributed by atoms with Crippen LogP contribution in [-0.4, -0.2) is 39.9 Å². The fourth-order valence-corrected chi connectivity index (χ4v) is 4.61. The molecule has 0 saturated heterocycles. The van der Waals surface area contributed by atoms with Gasteiger partial charge in [-0.05, 0) is 24.1 Å². The molecule has 2 aromatic carbocycles. The Hall–Kier alpha value is -4.00. The van der Waals surface area contributed by atoms with E-state index in [0.717, 1.165) is 16.9 Å². The van der Waals surface area contributed by atoms with Gasteiger partial charge >= 0.3 is 0 Å². The van der Waals surface area contributed by atoms with Crippen LogP contribution in [0.2, 0.25) is 0 Å². The summed E-state index contributed by atoms with van der Waals surface area (Å²) in [5.41, 5.74) is 1.31. The largest absolute Gasteiger partial charge is 0.502 e. The molecule has 33 heavy (non-hydrogen) atoms. The van der Waals surface area contributed by atoms with E-state index in [0.29, 0.717) is 13.0 Å². The average molecular weight is 444 g/mol. The van der Waals surface area contributed by atoms with Crippen LogP contribution in [0, 0.1) is 0 Å². The molecule has 2 aliphatic heterocycles. The van der Waals surface area contributed by atoms with Crippen LogP contribution in [0.4, 0.5) is 0 Å². The van der Waals surface area contributed by atoms with Gasteiger partial charge in [0.25, 0.3) is 5.91 Å². The second-order valence-electron chi connectivity index (χ2n) is 8.14. The first-order chi connectivity index (χ1) is 16.1. The van der Waals surface area contributed by atoms with Crippen LogP contribution in [0.25, 0.3) is 0 Å². The predicted molar refractivity (Wildman–Crippen MR) is 125 cm³/mol. The summed E-state index contributed by atoms with van der Waals surface area (Å²) in [5.74, 6) is -0.179. The van der Waals surface area contributed by atoms with E-state index < -0.39 is 11.2 Å². The Bertz CT molecular complexity index is 1270. The summed E-state index contributed by atoms with van der Waals surface area (Å²) in [6.07, 6.45) is 6.10. The lowest BCUT2D eigenvalue weighted by atomic mass is 9.97. The van der Waals surface area contributed by atoms with Crippen molar-refractivity contribution in [1.82, 2.24) is 9.58 Å². The molecule has 168 valence electrons. The van der Waals surface area contributed by atoms with E-state index in [9.17, 15) is 14.7 Å². The minimum absolute atomic E-state index is 0.0285. The third-order valence-electron chi connectivity index (χ3n) is 6.23. The minimum atomic E-state index is -0.579. The van der Waals surface area contributed by atoms with E-state index in [-0.39, 0.29) is 30.4 Å². The fraction of sp³-hybridized carbons (Fsp3) is 0.231. The van der Waals surface area contributed by atoms with Gasteiger partial charge in [-0.1, -0.05) is 61.5 Å². The summed E-state index contributed by atoms with van der Waals surface area (Å²) in [5, 5.41) is 12.7. The van der Waals surface area contributed by atoms with E-state index in [1.807, 2.05) is 78.7 Å². The predicted octanol–water partition coefficient (Wildman–Crippen LogP) is 3.42. The topological polar surface area (TPSA) is 75.0 Å². The van der Waals surface area contributed by atoms with Gasteiger partial charge in [0.2, 0.25) is 5.43 Å². The lowest BCUT2D eigenvalue weighted by Gasteiger charge is -2.45. The number of carbonyl (C=O) groups is 1. The first-order valence-electron chi connectivity index (χ1n) is 11.1. The second-order valence-corrected chi connectivity index (χ2v) is 8.14. The van der Waals surface area contributed by atoms with Gasteiger partial charge in [-0.2, -0.15) is 0 Å². The number of aromatic nitrogens is 1. The number of hydrogen-bond donors (Lipinski definition) is 1. The van der Waals surface area contributed by atoms with Gasteiger partial charge in [0.15, 0.2) is 11.4 Å². The molecule has 3 heterocycles. The molecule has 1 aromatic heterocycles. The maximum atomic E-state index is 13.5. The Labute approximate surface area is 191 Å². The Morgan fingerprint density at radius 3 is 2.58 bits per heavy atom. The standard InChI is InChI=1S/C26H25N3O4/c1-2-19-11-8-16-33-22-13-7-6-12-20(22)23(18-9-4-3-5-10-18)29-17-27(19)26(32)24-25(31)21(30)14-15-28(24)29/h3-15,19,23,31H,2,16-17H2,1H3/b11-8-/t19-,23+/m0/s1. The molecule has 1 amide bonds. The molecule has 2 bridgehead atoms. The van der Waals surface area contributed by atoms with E-state index in [1.54, 1.807) is 15.8 Å². The maximum Gasteiger partial charge on any atom is 0.278 e. The Morgan fingerprint density at radius 2 is 1.79 bits per heavy atom. The number of amides is 1. The number of ether oxygens (including phenoxy) is 1. The number of pyridine rings is 1.